The SMILES string of the molecule is C[C@@H]1CCCCN1c1cc(N2CCCCC2)nc(NC(=S)NCC2(c3cccc(Cl)c3)CCOCC2)n1. The summed E-state index contributed by atoms with van der Waals surface area (Å²) >= 11 is 12.1. The Hall–Kier alpha value is -2.16. The van der Waals surface area contributed by atoms with Crippen molar-refractivity contribution >= 4 is 46.5 Å². The molecule has 4 heterocycles. The van der Waals surface area contributed by atoms with Crippen molar-refractivity contribution in [3.8, 4) is 0 Å². The summed E-state index contributed by atoms with van der Waals surface area (Å²) in [6.07, 6.45) is 9.21. The van der Waals surface area contributed by atoms with E-state index in [9.17, 15) is 0 Å². The highest BCUT2D eigenvalue weighted by atomic mass is 35.5. The Kier molecular flexibility index (Phi) is 8.67. The van der Waals surface area contributed by atoms with E-state index in [2.05, 4.69) is 45.6 Å². The number of anilines is 3. The summed E-state index contributed by atoms with van der Waals surface area (Å²) in [5.74, 6) is 2.55. The zero-order valence-electron chi connectivity index (χ0n) is 21.8. The lowest BCUT2D eigenvalue weighted by Crippen LogP contribution is -2.45. The van der Waals surface area contributed by atoms with Gasteiger partial charge in [0.1, 0.15) is 11.6 Å². The van der Waals surface area contributed by atoms with Crippen LogP contribution in [0.3, 0.4) is 0 Å². The fourth-order valence-corrected chi connectivity index (χ4v) is 6.25. The van der Waals surface area contributed by atoms with Gasteiger partial charge in [0.15, 0.2) is 5.11 Å². The van der Waals surface area contributed by atoms with Gasteiger partial charge in [-0.15, -0.1) is 0 Å². The van der Waals surface area contributed by atoms with Gasteiger partial charge in [-0.1, -0.05) is 23.7 Å². The number of nitrogens with zero attached hydrogens (tertiary/aromatic N) is 4. The Morgan fingerprint density at radius 2 is 1.81 bits per heavy atom. The van der Waals surface area contributed by atoms with E-state index in [1.807, 2.05) is 12.1 Å². The monoisotopic (exact) mass is 542 g/mol. The molecular weight excluding hydrogens is 504 g/mol. The van der Waals surface area contributed by atoms with Crippen LogP contribution in [0.2, 0.25) is 5.02 Å². The number of halogens is 1. The number of hydrogen-bond donors (Lipinski definition) is 2. The number of nitrogens with one attached hydrogen (secondary N) is 2. The van der Waals surface area contributed by atoms with Crippen LogP contribution in [0.5, 0.6) is 0 Å². The number of benzene rings is 1. The van der Waals surface area contributed by atoms with Crippen LogP contribution in [-0.2, 0) is 10.2 Å². The lowest BCUT2D eigenvalue weighted by molar-refractivity contribution is 0.0515. The summed E-state index contributed by atoms with van der Waals surface area (Å²) in [6, 6.07) is 10.8. The van der Waals surface area contributed by atoms with Gasteiger partial charge in [0.25, 0.3) is 0 Å². The van der Waals surface area contributed by atoms with Crippen LogP contribution in [0.25, 0.3) is 0 Å². The van der Waals surface area contributed by atoms with E-state index in [1.54, 1.807) is 0 Å². The quantitative estimate of drug-likeness (QED) is 0.462. The first kappa shape index (κ1) is 26.4. The minimum atomic E-state index is -0.0835. The summed E-state index contributed by atoms with van der Waals surface area (Å²) < 4.78 is 5.69. The Labute approximate surface area is 231 Å². The third-order valence-electron chi connectivity index (χ3n) is 8.18. The third kappa shape index (κ3) is 6.47. The Bertz CT molecular complexity index is 1070. The Morgan fingerprint density at radius 3 is 2.57 bits per heavy atom. The predicted molar refractivity (Wildman–Crippen MR) is 156 cm³/mol. The molecule has 3 fully saturated rings. The fraction of sp³-hybridized carbons (Fsp3) is 0.607. The minimum Gasteiger partial charge on any atom is -0.381 e. The van der Waals surface area contributed by atoms with Gasteiger partial charge >= 0.3 is 0 Å². The maximum Gasteiger partial charge on any atom is 0.232 e. The molecule has 0 spiro atoms. The molecule has 0 aliphatic carbocycles. The van der Waals surface area contributed by atoms with Crippen LogP contribution in [0, 0.1) is 0 Å². The number of rotatable bonds is 6. The van der Waals surface area contributed by atoms with Crippen molar-refractivity contribution in [2.24, 2.45) is 0 Å². The van der Waals surface area contributed by atoms with Gasteiger partial charge in [-0.3, -0.25) is 0 Å². The molecule has 200 valence electrons. The molecule has 0 saturated carbocycles. The molecule has 9 heteroatoms. The van der Waals surface area contributed by atoms with Gasteiger partial charge in [-0.25, -0.2) is 0 Å². The first-order chi connectivity index (χ1) is 18.0. The molecule has 1 aromatic carbocycles. The van der Waals surface area contributed by atoms with Crippen molar-refractivity contribution in [3.05, 3.63) is 40.9 Å². The first-order valence-corrected chi connectivity index (χ1v) is 14.6. The van der Waals surface area contributed by atoms with Gasteiger partial charge in [-0.2, -0.15) is 9.97 Å². The van der Waals surface area contributed by atoms with Gasteiger partial charge in [0.05, 0.1) is 0 Å². The maximum absolute atomic E-state index is 6.35. The second-order valence-corrected chi connectivity index (χ2v) is 11.5. The van der Waals surface area contributed by atoms with E-state index < -0.39 is 0 Å². The molecule has 5 rings (SSSR count). The number of aromatic nitrogens is 2. The molecular formula is C28H39ClN6OS. The Morgan fingerprint density at radius 1 is 1.05 bits per heavy atom. The average Bonchev–Trinajstić information content (AvgIpc) is 2.93. The van der Waals surface area contributed by atoms with Gasteiger partial charge in [0.2, 0.25) is 5.95 Å². The van der Waals surface area contributed by atoms with Crippen molar-refractivity contribution in [1.29, 1.82) is 0 Å². The van der Waals surface area contributed by atoms with Crippen LogP contribution in [0.15, 0.2) is 30.3 Å². The highest BCUT2D eigenvalue weighted by molar-refractivity contribution is 7.80. The van der Waals surface area contributed by atoms with Crippen LogP contribution in [0.1, 0.15) is 63.9 Å². The molecule has 1 atom stereocenters. The molecule has 0 amide bonds. The smallest absolute Gasteiger partial charge is 0.232 e. The highest BCUT2D eigenvalue weighted by Gasteiger charge is 2.35. The molecule has 0 bridgehead atoms. The summed E-state index contributed by atoms with van der Waals surface area (Å²) in [7, 11) is 0. The second kappa shape index (κ2) is 12.1. The van der Waals surface area contributed by atoms with E-state index >= 15 is 0 Å². The minimum absolute atomic E-state index is 0.0835. The standard InChI is InChI=1S/C28H39ClN6OS/c1-21-8-3-6-15-35(21)25-19-24(34-13-4-2-5-14-34)31-26(32-25)33-27(37)30-20-28(11-16-36-17-12-28)22-9-7-10-23(29)18-22/h7,9-10,18-19,21H,2-6,8,11-17,20H2,1H3,(H2,30,31,32,33,37)/t21-/m1/s1. The lowest BCUT2D eigenvalue weighted by Gasteiger charge is -2.38. The molecule has 0 unspecified atom stereocenters. The first-order valence-electron chi connectivity index (χ1n) is 13.8. The maximum atomic E-state index is 6.35. The van der Waals surface area contributed by atoms with E-state index in [-0.39, 0.29) is 5.41 Å². The average molecular weight is 543 g/mol. The summed E-state index contributed by atoms with van der Waals surface area (Å²) in [4.78, 5) is 14.7. The summed E-state index contributed by atoms with van der Waals surface area (Å²) in [6.45, 7) is 7.56. The van der Waals surface area contributed by atoms with Gasteiger partial charge in [-0.05, 0) is 88.2 Å². The van der Waals surface area contributed by atoms with Crippen LogP contribution >= 0.6 is 23.8 Å². The number of thiocarbonyl (C=S) groups is 1. The van der Waals surface area contributed by atoms with Crippen molar-refractivity contribution < 1.29 is 4.74 Å². The van der Waals surface area contributed by atoms with E-state index in [4.69, 9.17) is 38.5 Å². The van der Waals surface area contributed by atoms with Crippen LogP contribution in [-0.4, -0.2) is 60.5 Å². The summed E-state index contributed by atoms with van der Waals surface area (Å²) in [5, 5.41) is 8.10. The third-order valence-corrected chi connectivity index (χ3v) is 8.66. The van der Waals surface area contributed by atoms with Gasteiger partial charge in [0, 0.05) is 61.9 Å². The van der Waals surface area contributed by atoms with E-state index in [1.165, 1.54) is 44.1 Å². The molecule has 7 nitrogen and oxygen atoms in total. The Balaban J connectivity index is 1.33. The lowest BCUT2D eigenvalue weighted by atomic mass is 9.74. The molecule has 3 aliphatic heterocycles. The molecule has 3 saturated heterocycles. The van der Waals surface area contributed by atoms with Crippen molar-refractivity contribution in [3.63, 3.8) is 0 Å². The van der Waals surface area contributed by atoms with E-state index in [0.717, 1.165) is 62.3 Å². The topological polar surface area (TPSA) is 65.5 Å². The summed E-state index contributed by atoms with van der Waals surface area (Å²) in [5.41, 5.74) is 1.14. The van der Waals surface area contributed by atoms with Crippen molar-refractivity contribution in [2.45, 2.75) is 69.7 Å². The normalized spacial score (nSPS) is 21.9. The molecule has 0 radical (unpaired) electrons. The fourth-order valence-electron chi connectivity index (χ4n) is 5.89. The highest BCUT2D eigenvalue weighted by Crippen LogP contribution is 2.35. The van der Waals surface area contributed by atoms with Crippen molar-refractivity contribution in [1.82, 2.24) is 15.3 Å². The number of ether oxygens (including phenoxy) is 1. The van der Waals surface area contributed by atoms with Crippen LogP contribution in [0.4, 0.5) is 17.6 Å². The molecule has 37 heavy (non-hydrogen) atoms. The zero-order valence-corrected chi connectivity index (χ0v) is 23.4. The molecule has 2 N–H and O–H groups in total. The number of hydrogen-bond acceptors (Lipinski definition) is 6. The molecule has 1 aromatic heterocycles. The number of piperidine rings is 2. The van der Waals surface area contributed by atoms with Gasteiger partial charge < -0.3 is 25.2 Å². The molecule has 2 aromatic rings. The molecule has 3 aliphatic rings. The predicted octanol–water partition coefficient (Wildman–Crippen LogP) is 5.53. The van der Waals surface area contributed by atoms with Crippen molar-refractivity contribution in [2.75, 3.05) is 54.5 Å². The van der Waals surface area contributed by atoms with E-state index in [0.29, 0.717) is 23.6 Å². The zero-order chi connectivity index (χ0) is 25.7. The second-order valence-electron chi connectivity index (χ2n) is 10.7. The van der Waals surface area contributed by atoms with Crippen LogP contribution < -0.4 is 20.4 Å². The largest absolute Gasteiger partial charge is 0.381 e.